The molecule has 0 aliphatic heterocycles. The second-order valence-corrected chi connectivity index (χ2v) is 11.1. The van der Waals surface area contributed by atoms with Crippen LogP contribution in [-0.2, 0) is 30.3 Å². The van der Waals surface area contributed by atoms with E-state index in [0.717, 1.165) is 44.4 Å². The SMILES string of the molecule is [Fe+2].c1cc[cH-]c1.c1ccc(COc2ccc3[nH]cc(C(c4ccc[cH-]4)c4c[nH]c5ccc(OCc6ccccc6)cc45)c3c2)cc1. The quantitative estimate of drug-likeness (QED) is 0.122. The number of benzene rings is 4. The molecule has 0 atom stereocenters. The number of ether oxygens (including phenoxy) is 2. The van der Waals surface area contributed by atoms with Crippen LogP contribution in [0, 0.1) is 0 Å². The second kappa shape index (κ2) is 14.7. The van der Waals surface area contributed by atoms with Crippen molar-refractivity contribution in [1.29, 1.82) is 0 Å². The number of H-pyrrole nitrogens is 2. The Morgan fingerprint density at radius 3 is 1.50 bits per heavy atom. The third-order valence-electron chi connectivity index (χ3n) is 8.07. The van der Waals surface area contributed by atoms with Gasteiger partial charge < -0.3 is 19.4 Å². The van der Waals surface area contributed by atoms with Crippen LogP contribution in [0.3, 0.4) is 0 Å². The van der Waals surface area contributed by atoms with E-state index in [1.165, 1.54) is 16.7 Å². The van der Waals surface area contributed by atoms with Gasteiger partial charge in [0.15, 0.2) is 0 Å². The zero-order valence-corrected chi connectivity index (χ0v) is 26.4. The van der Waals surface area contributed by atoms with Crippen LogP contribution in [0.1, 0.15) is 33.7 Å². The Kier molecular flexibility index (Phi) is 9.84. The molecular formula is C41H34FeN2O2. The van der Waals surface area contributed by atoms with Crippen LogP contribution in [0.5, 0.6) is 11.5 Å². The number of rotatable bonds is 9. The summed E-state index contributed by atoms with van der Waals surface area (Å²) in [7, 11) is 0. The first-order valence-corrected chi connectivity index (χ1v) is 15.3. The minimum absolute atomic E-state index is 0. The van der Waals surface area contributed by atoms with Crippen LogP contribution in [0.25, 0.3) is 21.8 Å². The molecule has 0 aliphatic rings. The van der Waals surface area contributed by atoms with Gasteiger partial charge >= 0.3 is 17.1 Å². The number of nitrogens with one attached hydrogen (secondary N) is 2. The van der Waals surface area contributed by atoms with Gasteiger partial charge in [-0.3, -0.25) is 0 Å². The number of aromatic amines is 2. The van der Waals surface area contributed by atoms with Gasteiger partial charge in [-0.1, -0.05) is 60.7 Å². The van der Waals surface area contributed by atoms with E-state index in [2.05, 4.69) is 95.2 Å². The van der Waals surface area contributed by atoms with Gasteiger partial charge in [0.1, 0.15) is 24.7 Å². The van der Waals surface area contributed by atoms with Gasteiger partial charge in [-0.2, -0.15) is 35.9 Å². The first kappa shape index (κ1) is 30.8. The van der Waals surface area contributed by atoms with Crippen molar-refractivity contribution in [3.05, 3.63) is 192 Å². The predicted molar refractivity (Wildman–Crippen MR) is 183 cm³/mol. The fourth-order valence-corrected chi connectivity index (χ4v) is 5.81. The van der Waals surface area contributed by atoms with Crippen molar-refractivity contribution < 1.29 is 26.5 Å². The molecule has 2 aromatic heterocycles. The summed E-state index contributed by atoms with van der Waals surface area (Å²) in [6, 6.07) is 51.7. The van der Waals surface area contributed by atoms with Gasteiger partial charge in [0.25, 0.3) is 0 Å². The molecule has 8 rings (SSSR count). The summed E-state index contributed by atoms with van der Waals surface area (Å²) in [5, 5.41) is 2.31. The van der Waals surface area contributed by atoms with Crippen molar-refractivity contribution in [2.45, 2.75) is 19.1 Å². The molecule has 228 valence electrons. The minimum atomic E-state index is 0. The molecule has 0 spiro atoms. The Morgan fingerprint density at radius 2 is 1.07 bits per heavy atom. The smallest absolute Gasteiger partial charge is 0.489 e. The van der Waals surface area contributed by atoms with E-state index in [1.54, 1.807) is 0 Å². The molecule has 0 radical (unpaired) electrons. The molecule has 2 heterocycles. The number of aromatic nitrogens is 2. The molecule has 6 aromatic carbocycles. The summed E-state index contributed by atoms with van der Waals surface area (Å²) in [6.07, 6.45) is 4.27. The molecule has 0 bridgehead atoms. The van der Waals surface area contributed by atoms with E-state index in [-0.39, 0.29) is 23.0 Å². The van der Waals surface area contributed by atoms with Crippen molar-refractivity contribution >= 4 is 21.8 Å². The molecule has 4 nitrogen and oxygen atoms in total. The first-order valence-electron chi connectivity index (χ1n) is 15.3. The molecular weight excluding hydrogens is 608 g/mol. The maximum Gasteiger partial charge on any atom is 2.00 e. The fourth-order valence-electron chi connectivity index (χ4n) is 5.81. The normalized spacial score (nSPS) is 10.8. The van der Waals surface area contributed by atoms with Crippen LogP contribution in [0.4, 0.5) is 0 Å². The Labute approximate surface area is 279 Å². The van der Waals surface area contributed by atoms with Crippen LogP contribution < -0.4 is 9.47 Å². The summed E-state index contributed by atoms with van der Waals surface area (Å²) in [5.41, 5.74) is 8.14. The topological polar surface area (TPSA) is 50.0 Å². The maximum absolute atomic E-state index is 6.20. The van der Waals surface area contributed by atoms with Crippen molar-refractivity contribution in [3.63, 3.8) is 0 Å². The molecule has 0 aliphatic carbocycles. The largest absolute Gasteiger partial charge is 2.00 e. The summed E-state index contributed by atoms with van der Waals surface area (Å²) < 4.78 is 12.4. The van der Waals surface area contributed by atoms with Crippen molar-refractivity contribution in [2.24, 2.45) is 0 Å². The maximum atomic E-state index is 6.20. The molecule has 0 unspecified atom stereocenters. The zero-order valence-electron chi connectivity index (χ0n) is 25.3. The van der Waals surface area contributed by atoms with Gasteiger partial charge in [0.2, 0.25) is 0 Å². The molecule has 0 fully saturated rings. The molecule has 2 N–H and O–H groups in total. The predicted octanol–water partition coefficient (Wildman–Crippen LogP) is 10.1. The van der Waals surface area contributed by atoms with Gasteiger partial charge in [0.05, 0.1) is 0 Å². The minimum Gasteiger partial charge on any atom is -0.489 e. The third kappa shape index (κ3) is 7.02. The van der Waals surface area contributed by atoms with Crippen LogP contribution in [-0.4, -0.2) is 9.97 Å². The molecule has 0 amide bonds. The summed E-state index contributed by atoms with van der Waals surface area (Å²) in [5.74, 6) is 1.74. The Balaban J connectivity index is 0.000000567. The van der Waals surface area contributed by atoms with Gasteiger partial charge in [-0.05, 0) is 58.7 Å². The van der Waals surface area contributed by atoms with Crippen molar-refractivity contribution in [3.8, 4) is 11.5 Å². The van der Waals surface area contributed by atoms with Crippen LogP contribution >= 0.6 is 0 Å². The van der Waals surface area contributed by atoms with E-state index < -0.39 is 0 Å². The summed E-state index contributed by atoms with van der Waals surface area (Å²) >= 11 is 0. The standard InChI is InChI=1S/C36H29N2O2.C5H5.Fe/c1-3-9-25(10-4-1)23-39-28-15-17-34-30(19-28)32(21-37-34)36(27-13-7-8-14-27)33-22-38-35-18-16-29(20-31(33)35)40-24-26-11-5-2-6-12-26;1-2-4-5-3-1;/h1-22,36-38H,23-24H2;1-5H;/q2*-1;+2. The number of fused-ring (bicyclic) bond motifs is 2. The average Bonchev–Trinajstić information content (AvgIpc) is 3.94. The van der Waals surface area contributed by atoms with E-state index in [9.17, 15) is 0 Å². The average molecular weight is 643 g/mol. The first-order chi connectivity index (χ1) is 22.3. The molecule has 8 aromatic rings. The van der Waals surface area contributed by atoms with Crippen molar-refractivity contribution in [1.82, 2.24) is 9.97 Å². The van der Waals surface area contributed by atoms with E-state index >= 15 is 0 Å². The zero-order chi connectivity index (χ0) is 30.3. The van der Waals surface area contributed by atoms with Gasteiger partial charge in [0, 0.05) is 40.1 Å². The monoisotopic (exact) mass is 642 g/mol. The van der Waals surface area contributed by atoms with E-state index in [4.69, 9.17) is 9.47 Å². The summed E-state index contributed by atoms with van der Waals surface area (Å²) in [4.78, 5) is 7.00. The van der Waals surface area contributed by atoms with E-state index in [1.807, 2.05) is 78.9 Å². The molecule has 0 saturated carbocycles. The Morgan fingerprint density at radius 1 is 0.543 bits per heavy atom. The summed E-state index contributed by atoms with van der Waals surface area (Å²) in [6.45, 7) is 1.07. The molecule has 5 heteroatoms. The second-order valence-electron chi connectivity index (χ2n) is 11.1. The molecule has 0 saturated heterocycles. The molecule has 46 heavy (non-hydrogen) atoms. The Hall–Kier alpha value is -5.22. The number of hydrogen-bond acceptors (Lipinski definition) is 2. The fraction of sp³-hybridized carbons (Fsp3) is 0.0732. The van der Waals surface area contributed by atoms with Crippen LogP contribution in [0.15, 0.2) is 164 Å². The Bertz CT molecular complexity index is 1920. The van der Waals surface area contributed by atoms with Gasteiger partial charge in [-0.25, -0.2) is 24.3 Å². The number of hydrogen-bond donors (Lipinski definition) is 2. The van der Waals surface area contributed by atoms with Crippen molar-refractivity contribution in [2.75, 3.05) is 0 Å². The third-order valence-corrected chi connectivity index (χ3v) is 8.07. The van der Waals surface area contributed by atoms with Crippen LogP contribution in [0.2, 0.25) is 0 Å². The van der Waals surface area contributed by atoms with E-state index in [0.29, 0.717) is 13.2 Å². The van der Waals surface area contributed by atoms with Gasteiger partial charge in [-0.15, -0.1) is 0 Å².